The quantitative estimate of drug-likeness (QED) is 0.500. The van der Waals surface area contributed by atoms with Gasteiger partial charge in [0.05, 0.1) is 5.60 Å². The van der Waals surface area contributed by atoms with Gasteiger partial charge in [0.25, 0.3) is 0 Å². The van der Waals surface area contributed by atoms with E-state index in [2.05, 4.69) is 41.9 Å². The molecule has 4 rings (SSSR count). The van der Waals surface area contributed by atoms with Gasteiger partial charge in [-0.25, -0.2) is 0 Å². The second-order valence-electron chi connectivity index (χ2n) is 10.4. The van der Waals surface area contributed by atoms with Gasteiger partial charge >= 0.3 is 5.97 Å². The van der Waals surface area contributed by atoms with Crippen molar-refractivity contribution >= 4 is 23.3 Å². The third-order valence-corrected chi connectivity index (χ3v) is 8.41. The van der Waals surface area contributed by atoms with Crippen molar-refractivity contribution in [3.8, 4) is 0 Å². The number of halogens is 1. The van der Waals surface area contributed by atoms with Crippen molar-refractivity contribution in [1.29, 1.82) is 0 Å². The first kappa shape index (κ1) is 24.6. The maximum Gasteiger partial charge on any atom is 0.303 e. The summed E-state index contributed by atoms with van der Waals surface area (Å²) in [5.41, 5.74) is 1.34. The predicted molar refractivity (Wildman–Crippen MR) is 133 cm³/mol. The molecule has 0 spiro atoms. The summed E-state index contributed by atoms with van der Waals surface area (Å²) in [6.45, 7) is 13.1. The number of carbonyl (C=O) groups is 1. The summed E-state index contributed by atoms with van der Waals surface area (Å²) in [5, 5.41) is 12.5. The second-order valence-corrected chi connectivity index (χ2v) is 10.8. The van der Waals surface area contributed by atoms with E-state index in [1.807, 2.05) is 25.5 Å². The maximum atomic E-state index is 11.7. The Balaban J connectivity index is 1.40. The number of nitrogens with zero attached hydrogens (tertiary/aromatic N) is 2. The zero-order valence-corrected chi connectivity index (χ0v) is 21.1. The minimum atomic E-state index is -0.927. The summed E-state index contributed by atoms with van der Waals surface area (Å²) >= 11 is 6.04. The first-order chi connectivity index (χ1) is 15.7. The van der Waals surface area contributed by atoms with Gasteiger partial charge in [0.2, 0.25) is 0 Å². The highest BCUT2D eigenvalue weighted by atomic mass is 35.5. The molecule has 181 valence electrons. The van der Waals surface area contributed by atoms with Crippen LogP contribution >= 0.6 is 11.6 Å². The van der Waals surface area contributed by atoms with E-state index in [-0.39, 0.29) is 17.8 Å². The maximum absolute atomic E-state index is 11.7. The Hall–Kier alpha value is -1.56. The SMILES string of the molecule is CC(=O)O[C@@H]1[CH][C@@]2(O)[C@H](C)CC[C@@H](C(C)CN3CCN(c4ccc(Cl)cc4)CC3)[C@H]2C=C1C. The van der Waals surface area contributed by atoms with Crippen LogP contribution in [0.1, 0.15) is 40.5 Å². The van der Waals surface area contributed by atoms with Gasteiger partial charge in [0.1, 0.15) is 6.10 Å². The molecular formula is C27H38ClN2O3. The molecule has 2 fully saturated rings. The first-order valence-corrected chi connectivity index (χ1v) is 12.7. The van der Waals surface area contributed by atoms with E-state index in [0.717, 1.165) is 56.2 Å². The van der Waals surface area contributed by atoms with Crippen LogP contribution in [0, 0.1) is 30.1 Å². The molecule has 1 aliphatic heterocycles. The van der Waals surface area contributed by atoms with Crippen LogP contribution in [-0.4, -0.2) is 60.4 Å². The van der Waals surface area contributed by atoms with Crippen LogP contribution in [0.2, 0.25) is 5.02 Å². The van der Waals surface area contributed by atoms with Crippen molar-refractivity contribution in [2.45, 2.75) is 52.2 Å². The summed E-state index contributed by atoms with van der Waals surface area (Å²) < 4.78 is 5.49. The molecule has 2 aliphatic carbocycles. The van der Waals surface area contributed by atoms with Crippen molar-refractivity contribution in [1.82, 2.24) is 4.90 Å². The number of anilines is 1. The molecule has 1 saturated heterocycles. The largest absolute Gasteiger partial charge is 0.458 e. The van der Waals surface area contributed by atoms with Gasteiger partial charge in [0, 0.05) is 62.7 Å². The van der Waals surface area contributed by atoms with Gasteiger partial charge < -0.3 is 14.7 Å². The molecular weight excluding hydrogens is 436 g/mol. The zero-order chi connectivity index (χ0) is 23.8. The molecule has 3 aliphatic rings. The van der Waals surface area contributed by atoms with E-state index in [4.69, 9.17) is 16.3 Å². The smallest absolute Gasteiger partial charge is 0.303 e. The molecule has 1 aromatic rings. The van der Waals surface area contributed by atoms with Crippen LogP contribution in [0.4, 0.5) is 5.69 Å². The van der Waals surface area contributed by atoms with E-state index in [1.165, 1.54) is 12.6 Å². The summed E-state index contributed by atoms with van der Waals surface area (Å²) in [6.07, 6.45) is 5.78. The van der Waals surface area contributed by atoms with E-state index in [0.29, 0.717) is 11.8 Å². The molecule has 6 atom stereocenters. The Morgan fingerprint density at radius 2 is 1.88 bits per heavy atom. The average molecular weight is 474 g/mol. The van der Waals surface area contributed by atoms with Crippen LogP contribution in [0.15, 0.2) is 35.9 Å². The number of esters is 1. The van der Waals surface area contributed by atoms with Crippen LogP contribution < -0.4 is 4.90 Å². The van der Waals surface area contributed by atoms with Crippen molar-refractivity contribution < 1.29 is 14.6 Å². The summed E-state index contributed by atoms with van der Waals surface area (Å²) in [5.74, 6) is 0.788. The molecule has 1 radical (unpaired) electrons. The van der Waals surface area contributed by atoms with Crippen LogP contribution in [0.5, 0.6) is 0 Å². The summed E-state index contributed by atoms with van der Waals surface area (Å²) in [7, 11) is 0. The van der Waals surface area contributed by atoms with Crippen molar-refractivity contribution in [3.05, 3.63) is 47.4 Å². The number of hydrogen-bond donors (Lipinski definition) is 1. The molecule has 5 nitrogen and oxygen atoms in total. The number of rotatable bonds is 5. The fourth-order valence-electron chi connectivity index (χ4n) is 6.14. The molecule has 0 bridgehead atoms. The second kappa shape index (κ2) is 9.97. The van der Waals surface area contributed by atoms with Crippen molar-refractivity contribution in [2.24, 2.45) is 23.7 Å². The minimum Gasteiger partial charge on any atom is -0.458 e. The van der Waals surface area contributed by atoms with E-state index >= 15 is 0 Å². The van der Waals surface area contributed by atoms with E-state index in [1.54, 1.807) is 0 Å². The highest BCUT2D eigenvalue weighted by molar-refractivity contribution is 6.30. The summed E-state index contributed by atoms with van der Waals surface area (Å²) in [6, 6.07) is 8.11. The molecule has 1 unspecified atom stereocenters. The molecule has 1 saturated carbocycles. The lowest BCUT2D eigenvalue weighted by atomic mass is 9.57. The predicted octanol–water partition coefficient (Wildman–Crippen LogP) is 4.59. The lowest BCUT2D eigenvalue weighted by Gasteiger charge is -2.53. The lowest BCUT2D eigenvalue weighted by molar-refractivity contribution is -0.148. The van der Waals surface area contributed by atoms with Crippen LogP contribution in [0.3, 0.4) is 0 Å². The van der Waals surface area contributed by atoms with Crippen molar-refractivity contribution in [2.75, 3.05) is 37.6 Å². The van der Waals surface area contributed by atoms with Crippen LogP contribution in [-0.2, 0) is 9.53 Å². The number of carbonyl (C=O) groups excluding carboxylic acids is 1. The standard InChI is InChI=1S/C27H38ClN2O3/c1-18-15-25-24(10-5-20(3)27(25,32)16-26(18)33-21(4)31)19(2)17-29-11-13-30(14-12-29)23-8-6-22(28)7-9-23/h6-9,15-16,19-20,24-26,32H,5,10-14,17H2,1-4H3/t19?,20-,24+,25-,26-,27-/m1/s1. The zero-order valence-electron chi connectivity index (χ0n) is 20.3. The Kier molecular flexibility index (Phi) is 7.42. The summed E-state index contributed by atoms with van der Waals surface area (Å²) in [4.78, 5) is 16.6. The Bertz CT molecular complexity index is 865. The number of piperazine rings is 1. The third kappa shape index (κ3) is 5.26. The molecule has 0 aromatic heterocycles. The highest BCUT2D eigenvalue weighted by Gasteiger charge is 2.53. The van der Waals surface area contributed by atoms with E-state index < -0.39 is 11.7 Å². The molecule has 1 aromatic carbocycles. The third-order valence-electron chi connectivity index (χ3n) is 8.16. The molecule has 1 N–H and O–H groups in total. The minimum absolute atomic E-state index is 0.0680. The van der Waals surface area contributed by atoms with Gasteiger partial charge in [-0.3, -0.25) is 9.69 Å². The lowest BCUT2D eigenvalue weighted by Crippen LogP contribution is -2.57. The molecule has 1 heterocycles. The topological polar surface area (TPSA) is 53.0 Å². The number of benzene rings is 1. The normalized spacial score (nSPS) is 33.8. The fourth-order valence-corrected chi connectivity index (χ4v) is 6.26. The van der Waals surface area contributed by atoms with Gasteiger partial charge in [-0.15, -0.1) is 0 Å². The number of aliphatic hydroxyl groups is 1. The Labute approximate surface area is 203 Å². The Morgan fingerprint density at radius 3 is 2.52 bits per heavy atom. The highest BCUT2D eigenvalue weighted by Crippen LogP contribution is 2.50. The van der Waals surface area contributed by atoms with Gasteiger partial charge in [-0.05, 0) is 67.4 Å². The average Bonchev–Trinajstić information content (AvgIpc) is 2.77. The van der Waals surface area contributed by atoms with Crippen LogP contribution in [0.25, 0.3) is 0 Å². The number of fused-ring (bicyclic) bond motifs is 1. The number of hydrogen-bond acceptors (Lipinski definition) is 5. The molecule has 33 heavy (non-hydrogen) atoms. The Morgan fingerprint density at radius 1 is 1.21 bits per heavy atom. The first-order valence-electron chi connectivity index (χ1n) is 12.3. The molecule has 0 amide bonds. The number of ether oxygens (including phenoxy) is 1. The van der Waals surface area contributed by atoms with E-state index in [9.17, 15) is 9.90 Å². The van der Waals surface area contributed by atoms with Crippen molar-refractivity contribution in [3.63, 3.8) is 0 Å². The monoisotopic (exact) mass is 473 g/mol. The fraction of sp³-hybridized carbons (Fsp3) is 0.630. The van der Waals surface area contributed by atoms with Gasteiger partial charge in [0.15, 0.2) is 0 Å². The van der Waals surface area contributed by atoms with Gasteiger partial charge in [-0.1, -0.05) is 31.5 Å². The molecule has 6 heteroatoms. The van der Waals surface area contributed by atoms with Gasteiger partial charge in [-0.2, -0.15) is 0 Å².